The molecule has 0 saturated heterocycles. The molecule has 1 aromatic heterocycles. The van der Waals surface area contributed by atoms with Crippen LogP contribution in [-0.4, -0.2) is 43.1 Å². The van der Waals surface area contributed by atoms with Crippen LogP contribution in [0.3, 0.4) is 0 Å². The van der Waals surface area contributed by atoms with Gasteiger partial charge in [0.05, 0.1) is 5.69 Å². The highest BCUT2D eigenvalue weighted by Crippen LogP contribution is 2.38. The Morgan fingerprint density at radius 2 is 2.00 bits per heavy atom. The van der Waals surface area contributed by atoms with E-state index in [0.29, 0.717) is 12.1 Å². The van der Waals surface area contributed by atoms with Gasteiger partial charge in [-0.25, -0.2) is 4.98 Å². The molecule has 0 aromatic carbocycles. The average molecular weight is 268 g/mol. The molecule has 0 spiro atoms. The Hall–Kier alpha value is -0.650. The summed E-state index contributed by atoms with van der Waals surface area (Å²) in [6, 6.07) is 0. The van der Waals surface area contributed by atoms with E-state index in [0.717, 1.165) is 17.4 Å². The number of nitrogens with zero attached hydrogens (tertiary/aromatic N) is 3. The third-order valence-corrected chi connectivity index (χ3v) is 5.45. The molecule has 1 fully saturated rings. The first-order chi connectivity index (χ1) is 8.48. The van der Waals surface area contributed by atoms with Crippen LogP contribution in [0.2, 0.25) is 0 Å². The Bertz CT molecular complexity index is 409. The average Bonchev–Trinajstić information content (AvgIpc) is 2.64. The van der Waals surface area contributed by atoms with E-state index in [4.69, 9.17) is 5.73 Å². The van der Waals surface area contributed by atoms with Crippen molar-refractivity contribution in [3.8, 4) is 0 Å². The molecule has 2 rings (SSSR count). The Morgan fingerprint density at radius 1 is 1.33 bits per heavy atom. The summed E-state index contributed by atoms with van der Waals surface area (Å²) in [4.78, 5) is 10.5. The number of nitrogens with two attached hydrogens (primary N) is 1. The third kappa shape index (κ3) is 2.39. The number of anilines is 1. The second-order valence-corrected chi connectivity index (χ2v) is 6.60. The molecule has 0 amide bonds. The van der Waals surface area contributed by atoms with E-state index in [2.05, 4.69) is 35.9 Å². The summed E-state index contributed by atoms with van der Waals surface area (Å²) in [5, 5.41) is 1.10. The fourth-order valence-corrected chi connectivity index (χ4v) is 3.51. The zero-order chi connectivity index (χ0) is 13.3. The second-order valence-electron chi connectivity index (χ2n) is 5.54. The van der Waals surface area contributed by atoms with Crippen LogP contribution >= 0.6 is 11.3 Å². The largest absolute Gasteiger partial charge is 0.349 e. The molecule has 1 aliphatic carbocycles. The zero-order valence-corrected chi connectivity index (χ0v) is 12.7. The van der Waals surface area contributed by atoms with Crippen molar-refractivity contribution in [3.63, 3.8) is 0 Å². The molecular formula is C13H24N4S. The second kappa shape index (κ2) is 5.15. The summed E-state index contributed by atoms with van der Waals surface area (Å²) < 4.78 is 0. The van der Waals surface area contributed by atoms with Crippen LogP contribution < -0.4 is 10.6 Å². The van der Waals surface area contributed by atoms with Gasteiger partial charge in [-0.3, -0.25) is 0 Å². The molecule has 1 saturated carbocycles. The number of thiazole rings is 1. The van der Waals surface area contributed by atoms with Crippen LogP contribution in [0, 0.1) is 6.92 Å². The highest BCUT2D eigenvalue weighted by Gasteiger charge is 2.40. The maximum Gasteiger partial charge on any atom is 0.185 e. The predicted octanol–water partition coefficient (Wildman–Crippen LogP) is 1.83. The molecule has 0 aliphatic heterocycles. The maximum absolute atomic E-state index is 5.72. The number of likely N-dealkylation sites (N-methyl/N-ethyl adjacent to an activating group) is 2. The molecule has 1 heterocycles. The molecule has 102 valence electrons. The van der Waals surface area contributed by atoms with Crippen LogP contribution in [0.15, 0.2) is 0 Å². The minimum atomic E-state index is 0.344. The topological polar surface area (TPSA) is 45.4 Å². The number of aryl methyl sites for hydroxylation is 1. The van der Waals surface area contributed by atoms with Crippen LogP contribution in [0.5, 0.6) is 0 Å². The van der Waals surface area contributed by atoms with Crippen molar-refractivity contribution in [3.05, 3.63) is 10.6 Å². The Kier molecular flexibility index (Phi) is 3.94. The van der Waals surface area contributed by atoms with E-state index < -0.39 is 0 Å². The molecule has 0 unspecified atom stereocenters. The lowest BCUT2D eigenvalue weighted by Gasteiger charge is -2.49. The molecule has 5 heteroatoms. The van der Waals surface area contributed by atoms with E-state index in [-0.39, 0.29) is 0 Å². The van der Waals surface area contributed by atoms with Gasteiger partial charge < -0.3 is 15.5 Å². The van der Waals surface area contributed by atoms with E-state index in [1.807, 2.05) is 6.92 Å². The summed E-state index contributed by atoms with van der Waals surface area (Å²) in [7, 11) is 6.51. The van der Waals surface area contributed by atoms with Crippen molar-refractivity contribution in [2.24, 2.45) is 5.73 Å². The van der Waals surface area contributed by atoms with Crippen molar-refractivity contribution >= 4 is 16.5 Å². The SMILES string of the molecule is Cc1nc(N(C)CC2(N(C)C)CCC2)sc1CN. The first-order valence-electron chi connectivity index (χ1n) is 6.53. The van der Waals surface area contributed by atoms with Gasteiger partial charge in [-0.2, -0.15) is 0 Å². The fraction of sp³-hybridized carbons (Fsp3) is 0.769. The van der Waals surface area contributed by atoms with Gasteiger partial charge in [0.25, 0.3) is 0 Å². The monoisotopic (exact) mass is 268 g/mol. The Balaban J connectivity index is 2.09. The first kappa shape index (κ1) is 13.8. The van der Waals surface area contributed by atoms with E-state index in [1.165, 1.54) is 24.1 Å². The normalized spacial score (nSPS) is 17.9. The van der Waals surface area contributed by atoms with Gasteiger partial charge in [0.2, 0.25) is 0 Å². The molecule has 0 bridgehead atoms. The van der Waals surface area contributed by atoms with Gasteiger partial charge in [-0.15, -0.1) is 11.3 Å². The molecule has 18 heavy (non-hydrogen) atoms. The van der Waals surface area contributed by atoms with Crippen molar-refractivity contribution in [2.45, 2.75) is 38.3 Å². The van der Waals surface area contributed by atoms with Crippen molar-refractivity contribution < 1.29 is 0 Å². The van der Waals surface area contributed by atoms with Crippen molar-refractivity contribution in [2.75, 3.05) is 32.6 Å². The van der Waals surface area contributed by atoms with E-state index >= 15 is 0 Å². The lowest BCUT2D eigenvalue weighted by molar-refractivity contribution is 0.0683. The van der Waals surface area contributed by atoms with Crippen LogP contribution in [0.25, 0.3) is 0 Å². The summed E-state index contributed by atoms with van der Waals surface area (Å²) in [6.07, 6.45) is 3.92. The standard InChI is InChI=1S/C13H24N4S/c1-10-11(8-14)18-12(15-10)17(4)9-13(16(2)3)6-5-7-13/h5-9,14H2,1-4H3. The lowest BCUT2D eigenvalue weighted by Crippen LogP contribution is -2.56. The Morgan fingerprint density at radius 3 is 2.39 bits per heavy atom. The minimum Gasteiger partial charge on any atom is -0.349 e. The summed E-state index contributed by atoms with van der Waals surface area (Å²) in [5.41, 5.74) is 7.15. The van der Waals surface area contributed by atoms with Crippen LogP contribution in [-0.2, 0) is 6.54 Å². The molecule has 0 radical (unpaired) electrons. The minimum absolute atomic E-state index is 0.344. The number of rotatable bonds is 5. The number of aromatic nitrogens is 1. The summed E-state index contributed by atoms with van der Waals surface area (Å²) >= 11 is 1.73. The lowest BCUT2D eigenvalue weighted by atomic mass is 9.75. The predicted molar refractivity (Wildman–Crippen MR) is 78.3 cm³/mol. The van der Waals surface area contributed by atoms with E-state index in [9.17, 15) is 0 Å². The molecule has 0 atom stereocenters. The summed E-state index contributed by atoms with van der Waals surface area (Å²) in [5.74, 6) is 0. The molecular weight excluding hydrogens is 244 g/mol. The number of hydrogen-bond acceptors (Lipinski definition) is 5. The quantitative estimate of drug-likeness (QED) is 0.885. The van der Waals surface area contributed by atoms with Crippen molar-refractivity contribution in [1.82, 2.24) is 9.88 Å². The van der Waals surface area contributed by atoms with Gasteiger partial charge in [-0.1, -0.05) is 0 Å². The summed E-state index contributed by atoms with van der Waals surface area (Å²) in [6.45, 7) is 3.69. The Labute approximate surface area is 114 Å². The molecule has 1 aliphatic rings. The smallest absolute Gasteiger partial charge is 0.185 e. The fourth-order valence-electron chi connectivity index (χ4n) is 2.61. The van der Waals surface area contributed by atoms with Gasteiger partial charge in [0.15, 0.2) is 5.13 Å². The zero-order valence-electron chi connectivity index (χ0n) is 11.9. The van der Waals surface area contributed by atoms with Gasteiger partial charge in [0.1, 0.15) is 0 Å². The highest BCUT2D eigenvalue weighted by atomic mass is 32.1. The number of hydrogen-bond donors (Lipinski definition) is 1. The first-order valence-corrected chi connectivity index (χ1v) is 7.35. The van der Waals surface area contributed by atoms with Crippen LogP contribution in [0.1, 0.15) is 29.8 Å². The van der Waals surface area contributed by atoms with Crippen molar-refractivity contribution in [1.29, 1.82) is 0 Å². The van der Waals surface area contributed by atoms with Gasteiger partial charge in [0, 0.05) is 30.6 Å². The maximum atomic E-state index is 5.72. The molecule has 4 nitrogen and oxygen atoms in total. The third-order valence-electron chi connectivity index (χ3n) is 4.16. The van der Waals surface area contributed by atoms with Crippen LogP contribution in [0.4, 0.5) is 5.13 Å². The molecule has 1 aromatic rings. The molecule has 2 N–H and O–H groups in total. The highest BCUT2D eigenvalue weighted by molar-refractivity contribution is 7.15. The van der Waals surface area contributed by atoms with E-state index in [1.54, 1.807) is 11.3 Å². The van der Waals surface area contributed by atoms with Gasteiger partial charge >= 0.3 is 0 Å². The van der Waals surface area contributed by atoms with Gasteiger partial charge in [-0.05, 0) is 40.3 Å².